The molecule has 0 radical (unpaired) electrons. The molecule has 4 bridgehead atoms. The highest BCUT2D eigenvalue weighted by atomic mass is 31.2. The third-order valence-electron chi connectivity index (χ3n) is 5.90. The minimum absolute atomic E-state index is 0.144. The number of ether oxygens (including phenoxy) is 1. The van der Waals surface area contributed by atoms with E-state index in [1.165, 1.54) is 24.8 Å². The maximum absolute atomic E-state index is 11.0. The van der Waals surface area contributed by atoms with Crippen LogP contribution in [0.15, 0.2) is 29.8 Å². The number of benzene rings is 1. The third-order valence-corrected chi connectivity index (χ3v) is 6.35. The van der Waals surface area contributed by atoms with Crippen LogP contribution in [0.1, 0.15) is 37.7 Å². The summed E-state index contributed by atoms with van der Waals surface area (Å²) in [5, 5.41) is 0. The van der Waals surface area contributed by atoms with Gasteiger partial charge in [-0.25, -0.2) is 4.57 Å². The standard InChI is InChI=1S/C18H23O5P/c1-22-18-10-13-5-14(11-18)7-15(6-13)17(18)9-12-3-2-4-16(8-12)23-24(19,20)21/h2-4,8-9,13-15H,5-7,10-11H2,1H3,(H2,19,20,21). The lowest BCUT2D eigenvalue weighted by atomic mass is 9.52. The molecule has 2 unspecified atom stereocenters. The van der Waals surface area contributed by atoms with E-state index in [1.54, 1.807) is 18.2 Å². The van der Waals surface area contributed by atoms with Gasteiger partial charge in [0, 0.05) is 7.11 Å². The Labute approximate surface area is 141 Å². The van der Waals surface area contributed by atoms with E-state index in [0.29, 0.717) is 5.92 Å². The van der Waals surface area contributed by atoms with Crippen LogP contribution in [0, 0.1) is 17.8 Å². The Hall–Kier alpha value is -1.13. The molecule has 0 aromatic heterocycles. The normalized spacial score (nSPS) is 36.3. The van der Waals surface area contributed by atoms with Crippen molar-refractivity contribution in [2.45, 2.75) is 37.7 Å². The Morgan fingerprint density at radius 2 is 1.92 bits per heavy atom. The van der Waals surface area contributed by atoms with Crippen LogP contribution in [0.3, 0.4) is 0 Å². The van der Waals surface area contributed by atoms with Gasteiger partial charge in [0.2, 0.25) is 0 Å². The second kappa shape index (κ2) is 5.70. The van der Waals surface area contributed by atoms with E-state index in [0.717, 1.165) is 30.2 Å². The van der Waals surface area contributed by atoms with Gasteiger partial charge >= 0.3 is 7.82 Å². The highest BCUT2D eigenvalue weighted by Crippen LogP contribution is 2.60. The molecule has 0 saturated heterocycles. The predicted molar refractivity (Wildman–Crippen MR) is 90.4 cm³/mol. The molecule has 0 aliphatic heterocycles. The first-order valence-corrected chi connectivity index (χ1v) is 10.0. The fourth-order valence-corrected chi connectivity index (χ4v) is 5.68. The van der Waals surface area contributed by atoms with Gasteiger partial charge in [0.05, 0.1) is 5.60 Å². The van der Waals surface area contributed by atoms with Crippen LogP contribution in [-0.4, -0.2) is 22.5 Å². The van der Waals surface area contributed by atoms with Gasteiger partial charge in [-0.3, -0.25) is 9.79 Å². The zero-order valence-electron chi connectivity index (χ0n) is 13.7. The van der Waals surface area contributed by atoms with Gasteiger partial charge < -0.3 is 9.26 Å². The van der Waals surface area contributed by atoms with Gasteiger partial charge in [-0.2, -0.15) is 0 Å². The molecular formula is C18H23O5P. The summed E-state index contributed by atoms with van der Waals surface area (Å²) < 4.78 is 21.8. The van der Waals surface area contributed by atoms with Crippen molar-refractivity contribution in [3.05, 3.63) is 35.4 Å². The summed E-state index contributed by atoms with van der Waals surface area (Å²) in [6, 6.07) is 6.94. The van der Waals surface area contributed by atoms with Crippen molar-refractivity contribution in [3.63, 3.8) is 0 Å². The third kappa shape index (κ3) is 2.95. The van der Waals surface area contributed by atoms with Crippen LogP contribution in [0.2, 0.25) is 0 Å². The lowest BCUT2D eigenvalue weighted by molar-refractivity contribution is -0.0997. The second-order valence-corrected chi connectivity index (χ2v) is 8.66. The first-order valence-electron chi connectivity index (χ1n) is 8.49. The van der Waals surface area contributed by atoms with E-state index in [4.69, 9.17) is 19.0 Å². The van der Waals surface area contributed by atoms with Crippen LogP contribution in [0.4, 0.5) is 0 Å². The van der Waals surface area contributed by atoms with E-state index in [1.807, 2.05) is 13.2 Å². The number of phosphoric acid groups is 1. The van der Waals surface area contributed by atoms with Crippen molar-refractivity contribution in [2.75, 3.05) is 7.11 Å². The molecule has 24 heavy (non-hydrogen) atoms. The molecule has 130 valence electrons. The largest absolute Gasteiger partial charge is 0.524 e. The lowest BCUT2D eigenvalue weighted by Gasteiger charge is -2.57. The zero-order chi connectivity index (χ0) is 16.9. The second-order valence-electron chi connectivity index (χ2n) is 7.50. The molecule has 6 heteroatoms. The molecule has 0 spiro atoms. The Bertz CT molecular complexity index is 708. The number of hydrogen-bond donors (Lipinski definition) is 2. The van der Waals surface area contributed by atoms with Crippen molar-refractivity contribution in [1.82, 2.24) is 0 Å². The van der Waals surface area contributed by atoms with E-state index in [-0.39, 0.29) is 11.4 Å². The SMILES string of the molecule is COC12CC3CC(CC(C3)C1=Cc1cccc(OP(=O)(O)O)c1)C2. The number of methoxy groups -OCH3 is 1. The summed E-state index contributed by atoms with van der Waals surface area (Å²) in [6.45, 7) is 0. The minimum atomic E-state index is -4.54. The Morgan fingerprint density at radius 3 is 2.54 bits per heavy atom. The number of hydrogen-bond acceptors (Lipinski definition) is 3. The smallest absolute Gasteiger partial charge is 0.404 e. The molecule has 4 aliphatic rings. The maximum Gasteiger partial charge on any atom is 0.524 e. The highest BCUT2D eigenvalue weighted by molar-refractivity contribution is 7.46. The summed E-state index contributed by atoms with van der Waals surface area (Å²) in [5.74, 6) is 2.32. The molecule has 5 nitrogen and oxygen atoms in total. The predicted octanol–water partition coefficient (Wildman–Crippen LogP) is 3.77. The molecule has 1 aromatic carbocycles. The number of phosphoric ester groups is 1. The van der Waals surface area contributed by atoms with Crippen LogP contribution in [-0.2, 0) is 9.30 Å². The van der Waals surface area contributed by atoms with Crippen LogP contribution >= 0.6 is 7.82 Å². The van der Waals surface area contributed by atoms with Gasteiger partial charge in [0.25, 0.3) is 0 Å². The van der Waals surface area contributed by atoms with E-state index >= 15 is 0 Å². The Kier molecular flexibility index (Phi) is 3.88. The molecule has 5 rings (SSSR count). The maximum atomic E-state index is 11.0. The van der Waals surface area contributed by atoms with Gasteiger partial charge in [-0.1, -0.05) is 18.2 Å². The average molecular weight is 350 g/mol. The van der Waals surface area contributed by atoms with Gasteiger partial charge in [-0.05, 0) is 73.1 Å². The fourth-order valence-electron chi connectivity index (χ4n) is 5.29. The summed E-state index contributed by atoms with van der Waals surface area (Å²) in [4.78, 5) is 18.0. The lowest BCUT2D eigenvalue weighted by Crippen LogP contribution is -2.53. The quantitative estimate of drug-likeness (QED) is 0.809. The summed E-state index contributed by atoms with van der Waals surface area (Å²) in [6.07, 6.45) is 8.18. The summed E-state index contributed by atoms with van der Waals surface area (Å²) in [5.41, 5.74) is 2.11. The Morgan fingerprint density at radius 1 is 1.21 bits per heavy atom. The molecule has 0 heterocycles. The van der Waals surface area contributed by atoms with E-state index in [9.17, 15) is 4.57 Å². The van der Waals surface area contributed by atoms with Gasteiger partial charge in [0.15, 0.2) is 0 Å². The molecule has 4 aliphatic carbocycles. The molecule has 0 amide bonds. The first-order chi connectivity index (χ1) is 11.4. The minimum Gasteiger partial charge on any atom is -0.404 e. The van der Waals surface area contributed by atoms with Crippen molar-refractivity contribution in [3.8, 4) is 5.75 Å². The van der Waals surface area contributed by atoms with Crippen molar-refractivity contribution in [2.24, 2.45) is 17.8 Å². The van der Waals surface area contributed by atoms with Crippen LogP contribution < -0.4 is 4.52 Å². The molecular weight excluding hydrogens is 327 g/mol. The van der Waals surface area contributed by atoms with Crippen molar-refractivity contribution >= 4 is 13.9 Å². The number of rotatable bonds is 4. The van der Waals surface area contributed by atoms with E-state index in [2.05, 4.69) is 6.08 Å². The van der Waals surface area contributed by atoms with E-state index < -0.39 is 7.82 Å². The van der Waals surface area contributed by atoms with Crippen molar-refractivity contribution < 1.29 is 23.6 Å². The summed E-state index contributed by atoms with van der Waals surface area (Å²) in [7, 11) is -2.72. The molecule has 4 fully saturated rings. The van der Waals surface area contributed by atoms with Crippen LogP contribution in [0.5, 0.6) is 5.75 Å². The zero-order valence-corrected chi connectivity index (χ0v) is 14.6. The fraction of sp³-hybridized carbons (Fsp3) is 0.556. The highest BCUT2D eigenvalue weighted by Gasteiger charge is 2.54. The summed E-state index contributed by atoms with van der Waals surface area (Å²) >= 11 is 0. The molecule has 4 saturated carbocycles. The molecule has 2 atom stereocenters. The first kappa shape index (κ1) is 16.3. The average Bonchev–Trinajstić information content (AvgIpc) is 2.49. The molecule has 1 aromatic rings. The topological polar surface area (TPSA) is 76.0 Å². The Balaban J connectivity index is 1.67. The monoisotopic (exact) mass is 350 g/mol. The van der Waals surface area contributed by atoms with Gasteiger partial charge in [0.1, 0.15) is 5.75 Å². The molecule has 2 N–H and O–H groups in total. The van der Waals surface area contributed by atoms with Crippen LogP contribution in [0.25, 0.3) is 6.08 Å². The van der Waals surface area contributed by atoms with Crippen molar-refractivity contribution in [1.29, 1.82) is 0 Å². The van der Waals surface area contributed by atoms with Gasteiger partial charge in [-0.15, -0.1) is 0 Å².